The molecular weight excluding hydrogens is 508 g/mol. The Kier molecular flexibility index (Phi) is 2.13. The number of hydrogen-bond acceptors (Lipinski definition) is 1. The molecule has 42 heavy (non-hydrogen) atoms. The van der Waals surface area contributed by atoms with E-state index in [0.29, 0.717) is 0 Å². The molecule has 0 unspecified atom stereocenters. The monoisotopic (exact) mass is 557 g/mol. The quantitative estimate of drug-likeness (QED) is 0.193. The standard InChI is InChI=1S/C41H26O/c1-25-20-38-37(36-22-28-12-4-5-13-29(28)23-39(36)42-38)24-35(25)41-33-16-8-6-14-31(33)40(32-15-7-9-17-34(32)41)30-19-18-26-10-2-3-11-27(26)21-30/h2-24H,1H3/i2D,3D,4D,5D,6D,7D,8D,9D,10D,11D,12D,13D,14D,15D,16D,17D,18D,19D,20D,21D,22D,23D,24D. The zero-order chi connectivity index (χ0) is 47.8. The van der Waals surface area contributed by atoms with Crippen molar-refractivity contribution in [3.05, 3.63) is 145 Å². The molecule has 8 aromatic carbocycles. The molecule has 0 aliphatic rings. The lowest BCUT2D eigenvalue weighted by Gasteiger charge is -2.19. The molecule has 9 rings (SSSR count). The summed E-state index contributed by atoms with van der Waals surface area (Å²) in [5, 5.41) is -4.78. The van der Waals surface area contributed by atoms with E-state index in [9.17, 15) is 12.3 Å². The number of hydrogen-bond donors (Lipinski definition) is 0. The van der Waals surface area contributed by atoms with Gasteiger partial charge in [-0.3, -0.25) is 0 Å². The van der Waals surface area contributed by atoms with Crippen LogP contribution in [0.2, 0.25) is 0 Å². The number of benzene rings is 8. The molecule has 0 saturated heterocycles. The average molecular weight is 558 g/mol. The van der Waals surface area contributed by atoms with E-state index in [4.69, 9.17) is 23.6 Å². The molecule has 0 fully saturated rings. The van der Waals surface area contributed by atoms with Crippen molar-refractivity contribution >= 4 is 65.0 Å². The summed E-state index contributed by atoms with van der Waals surface area (Å²) in [7, 11) is 0. The third kappa shape index (κ3) is 3.37. The minimum absolute atomic E-state index is 0.166. The first-order chi connectivity index (χ1) is 30.3. The normalized spacial score (nSPS) is 19.6. The van der Waals surface area contributed by atoms with E-state index >= 15 is 0 Å². The molecule has 1 nitrogen and oxygen atoms in total. The van der Waals surface area contributed by atoms with Crippen LogP contribution in [0.5, 0.6) is 0 Å². The first-order valence-corrected chi connectivity index (χ1v) is 12.7. The summed E-state index contributed by atoms with van der Waals surface area (Å²) >= 11 is 0. The maximum absolute atomic E-state index is 9.86. The van der Waals surface area contributed by atoms with Gasteiger partial charge in [-0.15, -0.1) is 0 Å². The molecule has 196 valence electrons. The van der Waals surface area contributed by atoms with E-state index in [0.717, 1.165) is 0 Å². The third-order valence-electron chi connectivity index (χ3n) is 7.14. The molecule has 0 radical (unpaired) electrons. The maximum Gasteiger partial charge on any atom is 0.136 e. The van der Waals surface area contributed by atoms with Gasteiger partial charge in [-0.25, -0.2) is 0 Å². The molecule has 1 heterocycles. The summed E-state index contributed by atoms with van der Waals surface area (Å²) in [6, 6.07) is -17.7. The molecule has 0 atom stereocenters. The van der Waals surface area contributed by atoms with Crippen LogP contribution in [0.15, 0.2) is 143 Å². The zero-order valence-electron chi connectivity index (χ0n) is 44.4. The fourth-order valence-corrected chi connectivity index (χ4v) is 5.32. The summed E-state index contributed by atoms with van der Waals surface area (Å²) in [6.45, 7) is 1.32. The summed E-state index contributed by atoms with van der Waals surface area (Å²) in [5.41, 5.74) is -3.08. The third-order valence-corrected chi connectivity index (χ3v) is 7.14. The number of rotatable bonds is 2. The minimum atomic E-state index is -0.890. The smallest absolute Gasteiger partial charge is 0.136 e. The Morgan fingerprint density at radius 2 is 0.929 bits per heavy atom. The zero-order valence-corrected chi connectivity index (χ0v) is 21.4. The Labute approximate surface area is 275 Å². The Bertz CT molecular complexity index is 3730. The van der Waals surface area contributed by atoms with Crippen LogP contribution in [0.1, 0.15) is 37.1 Å². The van der Waals surface area contributed by atoms with Crippen molar-refractivity contribution in [2.45, 2.75) is 6.92 Å². The summed E-state index contributed by atoms with van der Waals surface area (Å²) in [4.78, 5) is 0. The van der Waals surface area contributed by atoms with Crippen molar-refractivity contribution in [3.8, 4) is 22.3 Å². The van der Waals surface area contributed by atoms with E-state index in [1.165, 1.54) is 6.92 Å². The van der Waals surface area contributed by atoms with Crippen LogP contribution in [0.3, 0.4) is 0 Å². The predicted molar refractivity (Wildman–Crippen MR) is 179 cm³/mol. The molecule has 0 aliphatic heterocycles. The summed E-state index contributed by atoms with van der Waals surface area (Å²) in [5.74, 6) is 0. The lowest BCUT2D eigenvalue weighted by molar-refractivity contribution is 0.669. The minimum Gasteiger partial charge on any atom is -0.456 e. The molecule has 0 saturated carbocycles. The van der Waals surface area contributed by atoms with Crippen molar-refractivity contribution in [2.75, 3.05) is 0 Å². The van der Waals surface area contributed by atoms with Gasteiger partial charge in [0.05, 0.1) is 31.5 Å². The van der Waals surface area contributed by atoms with Crippen molar-refractivity contribution in [2.24, 2.45) is 0 Å². The molecule has 1 aromatic heterocycles. The van der Waals surface area contributed by atoms with Gasteiger partial charge in [0, 0.05) is 10.8 Å². The maximum atomic E-state index is 9.86. The predicted octanol–water partition coefficient (Wildman–Crippen LogP) is 11.8. The second-order valence-electron chi connectivity index (χ2n) is 9.51. The topological polar surface area (TPSA) is 13.1 Å². The lowest BCUT2D eigenvalue weighted by atomic mass is 9.84. The number of fused-ring (bicyclic) bond motifs is 7. The molecule has 9 aromatic rings. The molecular formula is C41H26O. The molecule has 0 spiro atoms. The average Bonchev–Trinajstić information content (AvgIpc) is 3.69. The highest BCUT2D eigenvalue weighted by Gasteiger charge is 2.19. The highest BCUT2D eigenvalue weighted by Crippen LogP contribution is 2.46. The van der Waals surface area contributed by atoms with E-state index in [2.05, 4.69) is 0 Å². The highest BCUT2D eigenvalue weighted by atomic mass is 16.3. The van der Waals surface area contributed by atoms with Crippen LogP contribution >= 0.6 is 0 Å². The largest absolute Gasteiger partial charge is 0.456 e. The van der Waals surface area contributed by atoms with Gasteiger partial charge >= 0.3 is 0 Å². The van der Waals surface area contributed by atoms with Gasteiger partial charge in [0.15, 0.2) is 0 Å². The van der Waals surface area contributed by atoms with E-state index in [1.54, 1.807) is 0 Å². The lowest BCUT2D eigenvalue weighted by Crippen LogP contribution is -1.92. The van der Waals surface area contributed by atoms with Crippen LogP contribution in [-0.4, -0.2) is 0 Å². The molecule has 0 amide bonds. The van der Waals surface area contributed by atoms with Crippen LogP contribution in [0.4, 0.5) is 0 Å². The van der Waals surface area contributed by atoms with Gasteiger partial charge in [0.2, 0.25) is 0 Å². The van der Waals surface area contributed by atoms with E-state index in [-0.39, 0.29) is 32.9 Å². The Morgan fingerprint density at radius 3 is 1.60 bits per heavy atom. The van der Waals surface area contributed by atoms with Gasteiger partial charge < -0.3 is 4.42 Å². The Morgan fingerprint density at radius 1 is 0.429 bits per heavy atom. The van der Waals surface area contributed by atoms with Crippen molar-refractivity contribution in [3.63, 3.8) is 0 Å². The van der Waals surface area contributed by atoms with Gasteiger partial charge in [0.25, 0.3) is 0 Å². The first kappa shape index (κ1) is 10.2. The highest BCUT2D eigenvalue weighted by molar-refractivity contribution is 6.23. The first-order valence-electron chi connectivity index (χ1n) is 24.2. The summed E-state index contributed by atoms with van der Waals surface area (Å²) < 4.78 is 211. The van der Waals surface area contributed by atoms with Crippen molar-refractivity contribution in [1.82, 2.24) is 0 Å². The van der Waals surface area contributed by atoms with Gasteiger partial charge in [-0.05, 0) is 108 Å². The van der Waals surface area contributed by atoms with Crippen LogP contribution in [0, 0.1) is 6.92 Å². The van der Waals surface area contributed by atoms with Gasteiger partial charge in [-0.1, -0.05) is 109 Å². The van der Waals surface area contributed by atoms with Crippen LogP contribution in [0.25, 0.3) is 87.3 Å². The fourth-order valence-electron chi connectivity index (χ4n) is 5.32. The SMILES string of the molecule is [2H]c1c([2H])c([2H])c2c([2H])c(-c3c4c([2H])c([2H])c([2H])c([2H])c4c(-c4c(C)c([2H])c5oc6c([2H])c7c([2H])c([2H])c([2H])c([2H])c7c([2H])c6c5c4[2H])c4c([2H])c([2H])c([2H])c([2H])c34)c([2H])c([2H])c2c1[2H]. The van der Waals surface area contributed by atoms with Crippen molar-refractivity contribution in [1.29, 1.82) is 0 Å². The van der Waals surface area contributed by atoms with Crippen LogP contribution in [-0.2, 0) is 0 Å². The number of furan rings is 1. The second-order valence-corrected chi connectivity index (χ2v) is 9.51. The Balaban J connectivity index is 1.62. The second kappa shape index (κ2) is 8.80. The van der Waals surface area contributed by atoms with Gasteiger partial charge in [0.1, 0.15) is 11.2 Å². The molecule has 1 heteroatoms. The van der Waals surface area contributed by atoms with Gasteiger partial charge in [-0.2, -0.15) is 0 Å². The molecule has 0 aliphatic carbocycles. The van der Waals surface area contributed by atoms with Crippen LogP contribution < -0.4 is 0 Å². The Hall–Kier alpha value is -5.40. The van der Waals surface area contributed by atoms with E-state index in [1.807, 2.05) is 0 Å². The summed E-state index contributed by atoms with van der Waals surface area (Å²) in [6.07, 6.45) is 0. The molecule has 0 N–H and O–H groups in total. The fraction of sp³-hybridized carbons (Fsp3) is 0.0244. The van der Waals surface area contributed by atoms with Crippen molar-refractivity contribution < 1.29 is 35.9 Å². The van der Waals surface area contributed by atoms with E-state index < -0.39 is 199 Å². The molecule has 0 bridgehead atoms.